The van der Waals surface area contributed by atoms with Gasteiger partial charge in [0.15, 0.2) is 0 Å². The van der Waals surface area contributed by atoms with Crippen molar-refractivity contribution in [2.45, 2.75) is 13.5 Å². The standard InChI is InChI=1S/C10H19N5O3S/c1-8-6-9(11)15(13-8)7-10(16)12-4-5-19(17,18)14(2)3/h6H,4-5,7,11H2,1-3H3,(H,12,16). The smallest absolute Gasteiger partial charge is 0.241 e. The molecular weight excluding hydrogens is 270 g/mol. The number of amides is 1. The van der Waals surface area contributed by atoms with Gasteiger partial charge in [0.2, 0.25) is 15.9 Å². The molecule has 0 atom stereocenters. The fraction of sp³-hybridized carbons (Fsp3) is 0.600. The van der Waals surface area contributed by atoms with E-state index in [2.05, 4.69) is 10.4 Å². The molecule has 1 aromatic rings. The van der Waals surface area contributed by atoms with E-state index in [-0.39, 0.29) is 24.7 Å². The molecule has 0 saturated carbocycles. The van der Waals surface area contributed by atoms with Gasteiger partial charge in [0.25, 0.3) is 0 Å². The van der Waals surface area contributed by atoms with E-state index < -0.39 is 10.0 Å². The molecule has 3 N–H and O–H groups in total. The van der Waals surface area contributed by atoms with Gasteiger partial charge in [0.05, 0.1) is 11.4 Å². The van der Waals surface area contributed by atoms with E-state index in [0.29, 0.717) is 5.82 Å². The van der Waals surface area contributed by atoms with Crippen molar-refractivity contribution in [1.29, 1.82) is 0 Å². The van der Waals surface area contributed by atoms with Crippen LogP contribution in [0, 0.1) is 6.92 Å². The zero-order valence-electron chi connectivity index (χ0n) is 11.3. The van der Waals surface area contributed by atoms with Crippen LogP contribution in [-0.4, -0.2) is 54.8 Å². The fourth-order valence-electron chi connectivity index (χ4n) is 1.39. The number of hydrogen-bond donors (Lipinski definition) is 2. The van der Waals surface area contributed by atoms with E-state index in [4.69, 9.17) is 5.73 Å². The number of aromatic nitrogens is 2. The predicted molar refractivity (Wildman–Crippen MR) is 71.9 cm³/mol. The van der Waals surface area contributed by atoms with Gasteiger partial charge in [0.1, 0.15) is 12.4 Å². The van der Waals surface area contributed by atoms with E-state index in [1.54, 1.807) is 13.0 Å². The molecule has 0 fully saturated rings. The number of sulfonamides is 1. The van der Waals surface area contributed by atoms with E-state index in [1.165, 1.54) is 18.8 Å². The molecule has 0 aliphatic rings. The van der Waals surface area contributed by atoms with Gasteiger partial charge in [-0.25, -0.2) is 17.4 Å². The minimum atomic E-state index is -3.30. The number of nitrogen functional groups attached to an aromatic ring is 1. The third kappa shape index (κ3) is 4.52. The van der Waals surface area contributed by atoms with Crippen molar-refractivity contribution < 1.29 is 13.2 Å². The summed E-state index contributed by atoms with van der Waals surface area (Å²) >= 11 is 0. The lowest BCUT2D eigenvalue weighted by Crippen LogP contribution is -2.35. The lowest BCUT2D eigenvalue weighted by molar-refractivity contribution is -0.121. The number of carbonyl (C=O) groups is 1. The minimum absolute atomic E-state index is 0.0261. The van der Waals surface area contributed by atoms with Gasteiger partial charge in [0, 0.05) is 26.7 Å². The first kappa shape index (κ1) is 15.4. The molecule has 1 aromatic heterocycles. The summed E-state index contributed by atoms with van der Waals surface area (Å²) in [6.45, 7) is 1.80. The second kappa shape index (κ2) is 6.02. The SMILES string of the molecule is Cc1cc(N)n(CC(=O)NCCS(=O)(=O)N(C)C)n1. The highest BCUT2D eigenvalue weighted by molar-refractivity contribution is 7.89. The topological polar surface area (TPSA) is 110 Å². The zero-order valence-corrected chi connectivity index (χ0v) is 12.1. The first-order valence-corrected chi connectivity index (χ1v) is 7.30. The van der Waals surface area contributed by atoms with Crippen LogP contribution >= 0.6 is 0 Å². The molecule has 19 heavy (non-hydrogen) atoms. The van der Waals surface area contributed by atoms with Crippen LogP contribution < -0.4 is 11.1 Å². The summed E-state index contributed by atoms with van der Waals surface area (Å²) in [5.74, 6) is -0.0726. The molecule has 0 radical (unpaired) electrons. The summed E-state index contributed by atoms with van der Waals surface area (Å²) < 4.78 is 25.4. The van der Waals surface area contributed by atoms with Crippen molar-refractivity contribution in [3.8, 4) is 0 Å². The van der Waals surface area contributed by atoms with Gasteiger partial charge >= 0.3 is 0 Å². The van der Waals surface area contributed by atoms with Crippen molar-refractivity contribution in [2.75, 3.05) is 32.1 Å². The van der Waals surface area contributed by atoms with Gasteiger partial charge in [-0.15, -0.1) is 0 Å². The molecule has 108 valence electrons. The summed E-state index contributed by atoms with van der Waals surface area (Å²) in [5.41, 5.74) is 6.37. The number of hydrogen-bond acceptors (Lipinski definition) is 5. The molecular formula is C10H19N5O3S. The molecule has 0 saturated heterocycles. The lowest BCUT2D eigenvalue weighted by atomic mass is 10.5. The largest absolute Gasteiger partial charge is 0.384 e. The Bertz CT molecular complexity index is 550. The number of aryl methyl sites for hydroxylation is 1. The van der Waals surface area contributed by atoms with E-state index >= 15 is 0 Å². The molecule has 1 heterocycles. The molecule has 0 aliphatic heterocycles. The number of rotatable bonds is 6. The van der Waals surface area contributed by atoms with Gasteiger partial charge < -0.3 is 11.1 Å². The minimum Gasteiger partial charge on any atom is -0.384 e. The van der Waals surface area contributed by atoms with Crippen LogP contribution in [-0.2, 0) is 21.4 Å². The monoisotopic (exact) mass is 289 g/mol. The van der Waals surface area contributed by atoms with Crippen LogP contribution in [0.4, 0.5) is 5.82 Å². The highest BCUT2D eigenvalue weighted by Gasteiger charge is 2.14. The second-order valence-electron chi connectivity index (χ2n) is 4.32. The number of nitrogens with zero attached hydrogens (tertiary/aromatic N) is 3. The Kier molecular flexibility index (Phi) is 4.90. The number of nitrogens with one attached hydrogen (secondary N) is 1. The summed E-state index contributed by atoms with van der Waals surface area (Å²) in [6, 6.07) is 1.66. The zero-order chi connectivity index (χ0) is 14.6. The third-order valence-electron chi connectivity index (χ3n) is 2.47. The van der Waals surface area contributed by atoms with E-state index in [0.717, 1.165) is 10.00 Å². The summed E-state index contributed by atoms with van der Waals surface area (Å²) in [4.78, 5) is 11.6. The summed E-state index contributed by atoms with van der Waals surface area (Å²) in [7, 11) is -0.402. The Labute approximate surface area is 112 Å². The normalized spacial score (nSPS) is 11.8. The Hall–Kier alpha value is -1.61. The molecule has 0 aromatic carbocycles. The molecule has 1 amide bonds. The maximum absolute atomic E-state index is 11.6. The van der Waals surface area contributed by atoms with Crippen molar-refractivity contribution >= 4 is 21.7 Å². The van der Waals surface area contributed by atoms with Gasteiger partial charge in [-0.2, -0.15) is 5.10 Å². The second-order valence-corrected chi connectivity index (χ2v) is 6.62. The molecule has 0 unspecified atom stereocenters. The Morgan fingerprint density at radius 2 is 2.16 bits per heavy atom. The highest BCUT2D eigenvalue weighted by atomic mass is 32.2. The molecule has 9 heteroatoms. The Balaban J connectivity index is 2.43. The number of nitrogens with two attached hydrogens (primary N) is 1. The van der Waals surface area contributed by atoms with Crippen molar-refractivity contribution in [3.05, 3.63) is 11.8 Å². The summed E-state index contributed by atoms with van der Waals surface area (Å²) in [5, 5.41) is 6.56. The average Bonchev–Trinajstić information content (AvgIpc) is 2.56. The van der Waals surface area contributed by atoms with Crippen LogP contribution in [0.15, 0.2) is 6.07 Å². The van der Waals surface area contributed by atoms with Gasteiger partial charge in [-0.1, -0.05) is 0 Å². The predicted octanol–water partition coefficient (Wildman–Crippen LogP) is -1.22. The quantitative estimate of drug-likeness (QED) is 0.682. The first-order valence-electron chi connectivity index (χ1n) is 5.69. The van der Waals surface area contributed by atoms with Crippen LogP contribution in [0.1, 0.15) is 5.69 Å². The van der Waals surface area contributed by atoms with Gasteiger partial charge in [-0.05, 0) is 6.92 Å². The van der Waals surface area contributed by atoms with E-state index in [9.17, 15) is 13.2 Å². The van der Waals surface area contributed by atoms with E-state index in [1.807, 2.05) is 0 Å². The summed E-state index contributed by atoms with van der Waals surface area (Å²) in [6.07, 6.45) is 0. The molecule has 8 nitrogen and oxygen atoms in total. The fourth-order valence-corrected chi connectivity index (χ4v) is 2.11. The van der Waals surface area contributed by atoms with Crippen LogP contribution in [0.3, 0.4) is 0 Å². The number of carbonyl (C=O) groups excluding carboxylic acids is 1. The van der Waals surface area contributed by atoms with Crippen LogP contribution in [0.25, 0.3) is 0 Å². The number of anilines is 1. The Morgan fingerprint density at radius 3 is 2.63 bits per heavy atom. The third-order valence-corrected chi connectivity index (χ3v) is 4.30. The Morgan fingerprint density at radius 1 is 1.53 bits per heavy atom. The molecule has 0 bridgehead atoms. The molecule has 0 spiro atoms. The van der Waals surface area contributed by atoms with Crippen molar-refractivity contribution in [2.24, 2.45) is 0 Å². The van der Waals surface area contributed by atoms with Crippen molar-refractivity contribution in [1.82, 2.24) is 19.4 Å². The first-order chi connectivity index (χ1) is 8.72. The van der Waals surface area contributed by atoms with Gasteiger partial charge in [-0.3, -0.25) is 4.79 Å². The van der Waals surface area contributed by atoms with Crippen molar-refractivity contribution in [3.63, 3.8) is 0 Å². The van der Waals surface area contributed by atoms with Crippen LogP contribution in [0.2, 0.25) is 0 Å². The van der Waals surface area contributed by atoms with Crippen LogP contribution in [0.5, 0.6) is 0 Å². The lowest BCUT2D eigenvalue weighted by Gasteiger charge is -2.11. The molecule has 0 aliphatic carbocycles. The average molecular weight is 289 g/mol. The maximum atomic E-state index is 11.6. The highest BCUT2D eigenvalue weighted by Crippen LogP contribution is 2.04. The molecule has 1 rings (SSSR count). The maximum Gasteiger partial charge on any atom is 0.241 e.